The van der Waals surface area contributed by atoms with Gasteiger partial charge < -0.3 is 0 Å². The molecule has 0 saturated carbocycles. The lowest BCUT2D eigenvalue weighted by Crippen LogP contribution is -2.40. The predicted molar refractivity (Wildman–Crippen MR) is 106 cm³/mol. The molecule has 0 atom stereocenters. The van der Waals surface area contributed by atoms with Gasteiger partial charge in [-0.3, -0.25) is 0 Å². The minimum Gasteiger partial charge on any atom is -0.230 e. The Morgan fingerprint density at radius 1 is 0.667 bits per heavy atom. The van der Waals surface area contributed by atoms with Crippen molar-refractivity contribution in [3.8, 4) is 11.8 Å². The first-order valence-electron chi connectivity index (χ1n) is 8.78. The van der Waals surface area contributed by atoms with Crippen LogP contribution in [0, 0.1) is 11.3 Å². The molecule has 0 bridgehead atoms. The van der Waals surface area contributed by atoms with E-state index in [-0.39, 0.29) is 0 Å². The van der Waals surface area contributed by atoms with E-state index < -0.39 is 0 Å². The molecular formula is C24H15N2O+. The first-order chi connectivity index (χ1) is 13.4. The second-order valence-corrected chi connectivity index (χ2v) is 6.39. The first kappa shape index (κ1) is 15.4. The van der Waals surface area contributed by atoms with E-state index in [2.05, 4.69) is 18.2 Å². The molecule has 0 saturated heterocycles. The highest BCUT2D eigenvalue weighted by molar-refractivity contribution is 6.10. The predicted octanol–water partition coefficient (Wildman–Crippen LogP) is 5.15. The maximum atomic E-state index is 9.76. The number of fused-ring (bicyclic) bond motifs is 3. The van der Waals surface area contributed by atoms with Crippen molar-refractivity contribution in [2.24, 2.45) is 0 Å². The van der Waals surface area contributed by atoms with Gasteiger partial charge >= 0.3 is 0 Å². The highest BCUT2D eigenvalue weighted by atomic mass is 16.7. The summed E-state index contributed by atoms with van der Waals surface area (Å²) in [5.41, 5.74) is 1.66. The molecule has 1 heterocycles. The van der Waals surface area contributed by atoms with Crippen molar-refractivity contribution in [1.29, 1.82) is 5.26 Å². The fourth-order valence-electron chi connectivity index (χ4n) is 3.62. The van der Waals surface area contributed by atoms with Crippen molar-refractivity contribution in [3.63, 3.8) is 0 Å². The Labute approximate surface area is 156 Å². The molecule has 0 N–H and O–H groups in total. The average Bonchev–Trinajstić information content (AvgIpc) is 2.74. The van der Waals surface area contributed by atoms with Crippen LogP contribution in [0.15, 0.2) is 91.1 Å². The van der Waals surface area contributed by atoms with Gasteiger partial charge in [0.05, 0.1) is 10.9 Å². The summed E-state index contributed by atoms with van der Waals surface area (Å²) in [5.74, 6) is 0.751. The second kappa shape index (κ2) is 6.12. The van der Waals surface area contributed by atoms with E-state index in [0.717, 1.165) is 38.2 Å². The van der Waals surface area contributed by atoms with Gasteiger partial charge in [0.15, 0.2) is 0 Å². The van der Waals surface area contributed by atoms with Crippen LogP contribution in [-0.2, 0) is 0 Å². The zero-order valence-corrected chi connectivity index (χ0v) is 14.5. The number of aromatic nitrogens is 1. The van der Waals surface area contributed by atoms with Gasteiger partial charge in [-0.15, -0.1) is 0 Å². The molecule has 5 aromatic rings. The lowest BCUT2D eigenvalue weighted by Gasteiger charge is -2.11. The van der Waals surface area contributed by atoms with Gasteiger partial charge in [-0.05, 0) is 12.1 Å². The van der Waals surface area contributed by atoms with Crippen molar-refractivity contribution < 1.29 is 9.57 Å². The summed E-state index contributed by atoms with van der Waals surface area (Å²) in [6, 6.07) is 30.3. The number of rotatable bonds is 2. The number of hydrogen-bond acceptors (Lipinski definition) is 2. The molecule has 3 nitrogen and oxygen atoms in total. The van der Waals surface area contributed by atoms with Crippen LogP contribution in [0.3, 0.4) is 0 Å². The van der Waals surface area contributed by atoms with Crippen molar-refractivity contribution in [3.05, 3.63) is 96.7 Å². The minimum absolute atomic E-state index is 0.677. The Morgan fingerprint density at radius 2 is 1.22 bits per heavy atom. The molecule has 3 heteroatoms. The Kier molecular flexibility index (Phi) is 3.48. The van der Waals surface area contributed by atoms with Crippen LogP contribution in [0.4, 0.5) is 0 Å². The number of nitriles is 1. The molecule has 0 spiro atoms. The summed E-state index contributed by atoms with van der Waals surface area (Å²) in [6.45, 7) is 0. The molecule has 27 heavy (non-hydrogen) atoms. The third-order valence-corrected chi connectivity index (χ3v) is 4.85. The Morgan fingerprint density at radius 3 is 1.89 bits per heavy atom. The maximum Gasteiger partial charge on any atom is 0.265 e. The first-order valence-corrected chi connectivity index (χ1v) is 8.78. The average molecular weight is 347 g/mol. The lowest BCUT2D eigenvalue weighted by molar-refractivity contribution is -0.853. The van der Waals surface area contributed by atoms with Crippen LogP contribution >= 0.6 is 0 Å². The van der Waals surface area contributed by atoms with E-state index in [4.69, 9.17) is 4.84 Å². The van der Waals surface area contributed by atoms with E-state index in [0.29, 0.717) is 5.56 Å². The monoisotopic (exact) mass is 347 g/mol. The van der Waals surface area contributed by atoms with Gasteiger partial charge in [-0.25, -0.2) is 4.84 Å². The summed E-state index contributed by atoms with van der Waals surface area (Å²) in [6.07, 6.45) is 1.91. The minimum atomic E-state index is 0.677. The zero-order valence-electron chi connectivity index (χ0n) is 14.5. The lowest BCUT2D eigenvalue weighted by atomic mass is 9.96. The molecule has 0 aliphatic rings. The van der Waals surface area contributed by atoms with Gasteiger partial charge in [0, 0.05) is 38.4 Å². The molecule has 1 aromatic heterocycles. The van der Waals surface area contributed by atoms with Gasteiger partial charge in [-0.2, -0.15) is 5.26 Å². The molecule has 0 amide bonds. The van der Waals surface area contributed by atoms with Crippen molar-refractivity contribution in [1.82, 2.24) is 0 Å². The van der Waals surface area contributed by atoms with Gasteiger partial charge in [0.25, 0.3) is 5.52 Å². The van der Waals surface area contributed by atoms with E-state index in [9.17, 15) is 5.26 Å². The normalized spacial score (nSPS) is 10.9. The van der Waals surface area contributed by atoms with Crippen LogP contribution in [0.1, 0.15) is 5.56 Å². The molecule has 0 aliphatic carbocycles. The van der Waals surface area contributed by atoms with Gasteiger partial charge in [0.2, 0.25) is 11.9 Å². The largest absolute Gasteiger partial charge is 0.265 e. The summed E-state index contributed by atoms with van der Waals surface area (Å²) >= 11 is 0. The van der Waals surface area contributed by atoms with Crippen molar-refractivity contribution in [2.45, 2.75) is 0 Å². The molecule has 0 aliphatic heterocycles. The highest BCUT2D eigenvalue weighted by Gasteiger charge is 2.19. The van der Waals surface area contributed by atoms with Crippen molar-refractivity contribution >= 4 is 32.4 Å². The fraction of sp³-hybridized carbons (Fsp3) is 0. The summed E-state index contributed by atoms with van der Waals surface area (Å²) in [7, 11) is 0. The van der Waals surface area contributed by atoms with Crippen LogP contribution in [0.25, 0.3) is 32.4 Å². The zero-order chi connectivity index (χ0) is 18.2. The number of para-hydroxylation sites is 1. The topological polar surface area (TPSA) is 36.9 Å². The smallest absolute Gasteiger partial charge is 0.230 e. The van der Waals surface area contributed by atoms with Gasteiger partial charge in [-0.1, -0.05) is 60.7 Å². The van der Waals surface area contributed by atoms with Crippen molar-refractivity contribution in [2.75, 3.05) is 0 Å². The quantitative estimate of drug-likeness (QED) is 0.327. The molecule has 4 aromatic carbocycles. The van der Waals surface area contributed by atoms with Gasteiger partial charge in [0.1, 0.15) is 6.07 Å². The van der Waals surface area contributed by atoms with E-state index in [1.165, 1.54) is 0 Å². The second-order valence-electron chi connectivity index (χ2n) is 6.39. The van der Waals surface area contributed by atoms with E-state index in [1.807, 2.05) is 79.0 Å². The number of pyridine rings is 1. The molecule has 0 fully saturated rings. The summed E-state index contributed by atoms with van der Waals surface area (Å²) in [4.78, 5) is 6.42. The SMILES string of the molecule is N#Cc1c2ccccc2c(O[n+]2cccc3ccccc32)c2ccccc12. The highest BCUT2D eigenvalue weighted by Crippen LogP contribution is 2.37. The standard InChI is InChI=1S/C24H15N2O/c25-16-22-18-10-2-4-12-20(18)24(21-13-5-3-11-19(21)22)27-26-15-7-9-17-8-1-6-14-23(17)26/h1-15H/q+1. The van der Waals surface area contributed by atoms with E-state index >= 15 is 0 Å². The van der Waals surface area contributed by atoms with Crippen LogP contribution in [-0.4, -0.2) is 0 Å². The Balaban J connectivity index is 1.86. The van der Waals surface area contributed by atoms with Crippen LogP contribution in [0.5, 0.6) is 5.75 Å². The Bertz CT molecular complexity index is 1300. The summed E-state index contributed by atoms with van der Waals surface area (Å²) in [5, 5.41) is 14.5. The van der Waals surface area contributed by atoms with Crippen LogP contribution < -0.4 is 9.57 Å². The summed E-state index contributed by atoms with van der Waals surface area (Å²) < 4.78 is 1.79. The van der Waals surface area contributed by atoms with E-state index in [1.54, 1.807) is 4.73 Å². The molecule has 0 unspecified atom stereocenters. The molecular weight excluding hydrogens is 332 g/mol. The number of hydrogen-bond donors (Lipinski definition) is 0. The Hall–Kier alpha value is -3.90. The maximum absolute atomic E-state index is 9.76. The molecule has 0 radical (unpaired) electrons. The third kappa shape index (κ3) is 2.39. The number of nitrogens with zero attached hydrogens (tertiary/aromatic N) is 2. The number of benzene rings is 4. The third-order valence-electron chi connectivity index (χ3n) is 4.85. The molecule has 126 valence electrons. The molecule has 5 rings (SSSR count). The van der Waals surface area contributed by atoms with Crippen LogP contribution in [0.2, 0.25) is 0 Å². The fourth-order valence-corrected chi connectivity index (χ4v) is 3.62.